The number of imide groups is 1. The number of nitrogens with one attached hydrogen (secondary N) is 1. The average molecular weight is 363 g/mol. The lowest BCUT2D eigenvalue weighted by molar-refractivity contribution is -0.121. The Morgan fingerprint density at radius 2 is 1.88 bits per heavy atom. The maximum atomic E-state index is 12.8. The zero-order chi connectivity index (χ0) is 17.3. The van der Waals surface area contributed by atoms with Crippen LogP contribution in [0.25, 0.3) is 0 Å². The molecule has 0 radical (unpaired) electrons. The van der Waals surface area contributed by atoms with Crippen LogP contribution >= 0.6 is 23.2 Å². The number of carbonyl (C=O) groups excluding carboxylic acids is 2. The van der Waals surface area contributed by atoms with Crippen LogP contribution < -0.4 is 10.2 Å². The van der Waals surface area contributed by atoms with Crippen LogP contribution in [0, 0.1) is 0 Å². The third kappa shape index (κ3) is 2.99. The zero-order valence-electron chi connectivity index (χ0n) is 13.1. The van der Waals surface area contributed by atoms with E-state index in [4.69, 9.17) is 23.2 Å². The average Bonchev–Trinajstić information content (AvgIpc) is 2.85. The third-order valence-electron chi connectivity index (χ3n) is 4.04. The third-order valence-corrected chi connectivity index (χ3v) is 4.86. The van der Waals surface area contributed by atoms with Crippen LogP contribution in [0.15, 0.2) is 42.5 Å². The molecule has 24 heavy (non-hydrogen) atoms. The van der Waals surface area contributed by atoms with Gasteiger partial charge in [-0.1, -0.05) is 54.4 Å². The molecule has 0 aromatic heterocycles. The Morgan fingerprint density at radius 3 is 2.62 bits per heavy atom. The molecule has 1 heterocycles. The van der Waals surface area contributed by atoms with Gasteiger partial charge in [-0.3, -0.25) is 9.59 Å². The molecular weight excluding hydrogens is 347 g/mol. The van der Waals surface area contributed by atoms with Gasteiger partial charge in [0, 0.05) is 0 Å². The fourth-order valence-corrected chi connectivity index (χ4v) is 3.18. The molecule has 0 aliphatic carbocycles. The Balaban J connectivity index is 1.88. The predicted octanol–water partition coefficient (Wildman–Crippen LogP) is 4.30. The van der Waals surface area contributed by atoms with E-state index in [0.29, 0.717) is 21.4 Å². The van der Waals surface area contributed by atoms with E-state index in [9.17, 15) is 9.59 Å². The molecule has 1 N–H and O–H groups in total. The van der Waals surface area contributed by atoms with E-state index in [-0.39, 0.29) is 18.2 Å². The molecule has 1 aliphatic rings. The van der Waals surface area contributed by atoms with Gasteiger partial charge in [0.05, 0.1) is 27.8 Å². The SMILES string of the molecule is CCc1ccccc1N1C(=O)C[C@@H](Nc2cccc(Cl)c2Cl)C1=O. The van der Waals surface area contributed by atoms with Crippen molar-refractivity contribution in [1.29, 1.82) is 0 Å². The summed E-state index contributed by atoms with van der Waals surface area (Å²) >= 11 is 12.1. The van der Waals surface area contributed by atoms with E-state index in [2.05, 4.69) is 5.32 Å². The summed E-state index contributed by atoms with van der Waals surface area (Å²) in [5.41, 5.74) is 2.15. The summed E-state index contributed by atoms with van der Waals surface area (Å²) in [6.07, 6.45) is 0.825. The van der Waals surface area contributed by atoms with Crippen molar-refractivity contribution < 1.29 is 9.59 Å². The van der Waals surface area contributed by atoms with Crippen molar-refractivity contribution in [2.75, 3.05) is 10.2 Å². The Kier molecular flexibility index (Phi) is 4.78. The number of para-hydroxylation sites is 1. The topological polar surface area (TPSA) is 49.4 Å². The van der Waals surface area contributed by atoms with Crippen LogP contribution in [0.2, 0.25) is 10.0 Å². The van der Waals surface area contributed by atoms with Crippen LogP contribution in [0.3, 0.4) is 0 Å². The number of carbonyl (C=O) groups is 2. The van der Waals surface area contributed by atoms with Gasteiger partial charge in [-0.25, -0.2) is 4.90 Å². The molecule has 1 atom stereocenters. The second kappa shape index (κ2) is 6.83. The Bertz CT molecular complexity index is 807. The molecule has 0 unspecified atom stereocenters. The monoisotopic (exact) mass is 362 g/mol. The second-order valence-corrected chi connectivity index (χ2v) is 6.34. The lowest BCUT2D eigenvalue weighted by Crippen LogP contribution is -2.35. The molecule has 0 spiro atoms. The number of hydrogen-bond donors (Lipinski definition) is 1. The van der Waals surface area contributed by atoms with Crippen LogP contribution in [-0.2, 0) is 16.0 Å². The molecule has 124 valence electrons. The molecule has 1 aliphatic heterocycles. The van der Waals surface area contributed by atoms with E-state index < -0.39 is 6.04 Å². The van der Waals surface area contributed by atoms with Gasteiger partial charge in [-0.15, -0.1) is 0 Å². The Morgan fingerprint density at radius 1 is 1.12 bits per heavy atom. The maximum absolute atomic E-state index is 12.8. The molecule has 3 rings (SSSR count). The molecule has 2 amide bonds. The first-order valence-corrected chi connectivity index (χ1v) is 8.43. The summed E-state index contributed by atoms with van der Waals surface area (Å²) in [5, 5.41) is 3.77. The molecule has 1 fully saturated rings. The van der Waals surface area contributed by atoms with Crippen molar-refractivity contribution in [2.45, 2.75) is 25.8 Å². The number of halogens is 2. The quantitative estimate of drug-likeness (QED) is 0.824. The van der Waals surface area contributed by atoms with Crippen LogP contribution in [-0.4, -0.2) is 17.9 Å². The van der Waals surface area contributed by atoms with E-state index in [1.54, 1.807) is 24.3 Å². The molecule has 6 heteroatoms. The van der Waals surface area contributed by atoms with Gasteiger partial charge in [-0.05, 0) is 30.2 Å². The fraction of sp³-hybridized carbons (Fsp3) is 0.222. The Labute approximate surface area is 150 Å². The van der Waals surface area contributed by atoms with Gasteiger partial charge in [0.15, 0.2) is 0 Å². The second-order valence-electron chi connectivity index (χ2n) is 5.55. The van der Waals surface area contributed by atoms with Gasteiger partial charge >= 0.3 is 0 Å². The minimum atomic E-state index is -0.654. The molecule has 1 saturated heterocycles. The number of hydrogen-bond acceptors (Lipinski definition) is 3. The summed E-state index contributed by atoms with van der Waals surface area (Å²) < 4.78 is 0. The molecule has 2 aromatic carbocycles. The van der Waals surface area contributed by atoms with E-state index >= 15 is 0 Å². The number of nitrogens with zero attached hydrogens (tertiary/aromatic N) is 1. The predicted molar refractivity (Wildman–Crippen MR) is 96.8 cm³/mol. The van der Waals surface area contributed by atoms with Gasteiger partial charge < -0.3 is 5.32 Å². The summed E-state index contributed by atoms with van der Waals surface area (Å²) in [4.78, 5) is 26.4. The van der Waals surface area contributed by atoms with Crippen LogP contribution in [0.4, 0.5) is 11.4 Å². The zero-order valence-corrected chi connectivity index (χ0v) is 14.6. The summed E-state index contributed by atoms with van der Waals surface area (Å²) in [5.74, 6) is -0.506. The van der Waals surface area contributed by atoms with Crippen molar-refractivity contribution >= 4 is 46.4 Å². The number of anilines is 2. The highest BCUT2D eigenvalue weighted by Crippen LogP contribution is 2.33. The highest BCUT2D eigenvalue weighted by atomic mass is 35.5. The van der Waals surface area contributed by atoms with Crippen molar-refractivity contribution in [3.05, 3.63) is 58.1 Å². The lowest BCUT2D eigenvalue weighted by Gasteiger charge is -2.19. The fourth-order valence-electron chi connectivity index (χ4n) is 2.83. The van der Waals surface area contributed by atoms with Gasteiger partial charge in [-0.2, -0.15) is 0 Å². The minimum absolute atomic E-state index is 0.0831. The molecule has 0 bridgehead atoms. The van der Waals surface area contributed by atoms with Gasteiger partial charge in [0.25, 0.3) is 5.91 Å². The standard InChI is InChI=1S/C18H16Cl2N2O2/c1-2-11-6-3-4-9-15(11)22-16(23)10-14(18(22)24)21-13-8-5-7-12(19)17(13)20/h3-9,14,21H,2,10H2,1H3/t14-/m1/s1. The van der Waals surface area contributed by atoms with Crippen molar-refractivity contribution in [3.63, 3.8) is 0 Å². The largest absolute Gasteiger partial charge is 0.372 e. The first kappa shape index (κ1) is 16.8. The van der Waals surface area contributed by atoms with E-state index in [0.717, 1.165) is 12.0 Å². The van der Waals surface area contributed by atoms with Crippen LogP contribution in [0.1, 0.15) is 18.9 Å². The molecular formula is C18H16Cl2N2O2. The van der Waals surface area contributed by atoms with Crippen LogP contribution in [0.5, 0.6) is 0 Å². The normalized spacial score (nSPS) is 17.5. The maximum Gasteiger partial charge on any atom is 0.256 e. The summed E-state index contributed by atoms with van der Waals surface area (Å²) in [6.45, 7) is 1.99. The van der Waals surface area contributed by atoms with Crippen molar-refractivity contribution in [2.24, 2.45) is 0 Å². The van der Waals surface area contributed by atoms with Gasteiger partial charge in [0.2, 0.25) is 5.91 Å². The van der Waals surface area contributed by atoms with E-state index in [1.807, 2.05) is 25.1 Å². The summed E-state index contributed by atoms with van der Waals surface area (Å²) in [7, 11) is 0. The molecule has 0 saturated carbocycles. The molecule has 2 aromatic rings. The first-order chi connectivity index (χ1) is 11.5. The number of aryl methyl sites for hydroxylation is 1. The van der Waals surface area contributed by atoms with Gasteiger partial charge in [0.1, 0.15) is 6.04 Å². The first-order valence-electron chi connectivity index (χ1n) is 7.68. The van der Waals surface area contributed by atoms with Crippen molar-refractivity contribution in [3.8, 4) is 0 Å². The highest BCUT2D eigenvalue weighted by Gasteiger charge is 2.40. The lowest BCUT2D eigenvalue weighted by atomic mass is 10.1. The summed E-state index contributed by atoms with van der Waals surface area (Å²) in [6, 6.07) is 11.9. The Hall–Kier alpha value is -2.04. The highest BCUT2D eigenvalue weighted by molar-refractivity contribution is 6.43. The van der Waals surface area contributed by atoms with E-state index in [1.165, 1.54) is 4.90 Å². The number of benzene rings is 2. The molecule has 4 nitrogen and oxygen atoms in total. The smallest absolute Gasteiger partial charge is 0.256 e. The van der Waals surface area contributed by atoms with Crippen molar-refractivity contribution in [1.82, 2.24) is 0 Å². The number of amides is 2. The minimum Gasteiger partial charge on any atom is -0.372 e. The number of rotatable bonds is 4.